The normalized spacial score (nSPS) is 20.9. The zero-order chi connectivity index (χ0) is 12.6. The summed E-state index contributed by atoms with van der Waals surface area (Å²) in [6, 6.07) is 4.54. The molecule has 1 unspecified atom stereocenters. The zero-order valence-electron chi connectivity index (χ0n) is 9.26. The molecular weight excluding hydrogens is 245 g/mol. The van der Waals surface area contributed by atoms with Crippen LogP contribution >= 0.6 is 0 Å². The molecule has 0 radical (unpaired) electrons. The van der Waals surface area contributed by atoms with Crippen LogP contribution in [0.25, 0.3) is 0 Å². The summed E-state index contributed by atoms with van der Waals surface area (Å²) >= 11 is 0. The Bertz CT molecular complexity index is 538. The van der Waals surface area contributed by atoms with E-state index >= 15 is 0 Å². The minimum absolute atomic E-state index is 0.00690. The lowest BCUT2D eigenvalue weighted by Crippen LogP contribution is -2.31. The highest BCUT2D eigenvalue weighted by Crippen LogP contribution is 2.24. The van der Waals surface area contributed by atoms with E-state index < -0.39 is 26.8 Å². The van der Waals surface area contributed by atoms with Crippen LogP contribution in [-0.4, -0.2) is 38.1 Å². The molecule has 1 aromatic carbocycles. The molecule has 1 atom stereocenters. The number of benzene rings is 1. The minimum atomic E-state index is -3.70. The third-order valence-electron chi connectivity index (χ3n) is 2.90. The zero-order valence-corrected chi connectivity index (χ0v) is 10.1. The second-order valence-corrected chi connectivity index (χ2v) is 6.17. The van der Waals surface area contributed by atoms with E-state index in [1.807, 2.05) is 0 Å². The number of halogens is 1. The average molecular weight is 257 g/mol. The molecule has 1 heterocycles. The van der Waals surface area contributed by atoms with Crippen LogP contribution in [0.15, 0.2) is 29.2 Å². The molecule has 1 aromatic rings. The molecule has 92 valence electrons. The second kappa shape index (κ2) is 4.10. The van der Waals surface area contributed by atoms with E-state index in [1.54, 1.807) is 7.05 Å². The van der Waals surface area contributed by atoms with Crippen molar-refractivity contribution in [2.75, 3.05) is 13.6 Å². The van der Waals surface area contributed by atoms with Gasteiger partial charge in [0.2, 0.25) is 5.91 Å². The van der Waals surface area contributed by atoms with Crippen molar-refractivity contribution in [2.45, 2.75) is 16.6 Å². The molecule has 4 nitrogen and oxygen atoms in total. The predicted molar refractivity (Wildman–Crippen MR) is 59.6 cm³/mol. The Balaban J connectivity index is 2.37. The van der Waals surface area contributed by atoms with Gasteiger partial charge in [-0.1, -0.05) is 0 Å². The summed E-state index contributed by atoms with van der Waals surface area (Å²) in [7, 11) is -2.12. The monoisotopic (exact) mass is 257 g/mol. The van der Waals surface area contributed by atoms with E-state index in [4.69, 9.17) is 0 Å². The Labute approximate surface area is 99.0 Å². The highest BCUT2D eigenvalue weighted by molar-refractivity contribution is 7.92. The molecule has 0 bridgehead atoms. The Kier molecular flexibility index (Phi) is 2.91. The largest absolute Gasteiger partial charge is 0.345 e. The van der Waals surface area contributed by atoms with Crippen LogP contribution in [0.5, 0.6) is 0 Å². The molecule has 0 saturated carbocycles. The molecule has 17 heavy (non-hydrogen) atoms. The van der Waals surface area contributed by atoms with Crippen molar-refractivity contribution < 1.29 is 17.6 Å². The van der Waals surface area contributed by atoms with Gasteiger partial charge in [0.15, 0.2) is 9.84 Å². The van der Waals surface area contributed by atoms with Crippen LogP contribution in [-0.2, 0) is 14.6 Å². The van der Waals surface area contributed by atoms with Crippen molar-refractivity contribution in [1.82, 2.24) is 4.90 Å². The highest BCUT2D eigenvalue weighted by atomic mass is 32.2. The van der Waals surface area contributed by atoms with Crippen LogP contribution in [0.1, 0.15) is 6.42 Å². The Hall–Kier alpha value is -1.43. The van der Waals surface area contributed by atoms with E-state index in [9.17, 15) is 17.6 Å². The van der Waals surface area contributed by atoms with Crippen LogP contribution in [0.4, 0.5) is 4.39 Å². The van der Waals surface area contributed by atoms with Crippen LogP contribution in [0.3, 0.4) is 0 Å². The van der Waals surface area contributed by atoms with Crippen molar-refractivity contribution in [3.63, 3.8) is 0 Å². The average Bonchev–Trinajstić information content (AvgIpc) is 2.61. The number of carbonyl (C=O) groups is 1. The number of carbonyl (C=O) groups excluding carboxylic acids is 1. The standard InChI is InChI=1S/C11H12FNO3S/c1-13-7-6-10(11(13)14)17(15,16)9-4-2-8(12)3-5-9/h2-5,10H,6-7H2,1H3. The summed E-state index contributed by atoms with van der Waals surface area (Å²) < 4.78 is 37.0. The first-order chi connectivity index (χ1) is 7.93. The van der Waals surface area contributed by atoms with Gasteiger partial charge in [-0.05, 0) is 30.7 Å². The molecule has 2 rings (SSSR count). The molecule has 0 aliphatic carbocycles. The van der Waals surface area contributed by atoms with Crippen LogP contribution in [0.2, 0.25) is 0 Å². The van der Waals surface area contributed by atoms with Gasteiger partial charge in [-0.3, -0.25) is 4.79 Å². The number of likely N-dealkylation sites (tertiary alicyclic amines) is 1. The highest BCUT2D eigenvalue weighted by Gasteiger charge is 2.40. The maximum Gasteiger partial charge on any atom is 0.241 e. The van der Waals surface area contributed by atoms with Crippen molar-refractivity contribution in [3.05, 3.63) is 30.1 Å². The summed E-state index contributed by atoms with van der Waals surface area (Å²) in [6.07, 6.45) is 0.287. The second-order valence-electron chi connectivity index (χ2n) is 4.04. The maximum absolute atomic E-state index is 12.7. The molecule has 1 amide bonds. The molecule has 6 heteroatoms. The number of nitrogens with zero attached hydrogens (tertiary/aromatic N) is 1. The number of hydrogen-bond donors (Lipinski definition) is 0. The van der Waals surface area contributed by atoms with Crippen LogP contribution < -0.4 is 0 Å². The molecule has 1 aliphatic heterocycles. The van der Waals surface area contributed by atoms with Crippen molar-refractivity contribution >= 4 is 15.7 Å². The van der Waals surface area contributed by atoms with Crippen molar-refractivity contribution in [2.24, 2.45) is 0 Å². The van der Waals surface area contributed by atoms with E-state index in [0.29, 0.717) is 6.54 Å². The Morgan fingerprint density at radius 3 is 2.35 bits per heavy atom. The van der Waals surface area contributed by atoms with Gasteiger partial charge in [-0.15, -0.1) is 0 Å². The number of sulfone groups is 1. The molecule has 0 spiro atoms. The molecule has 0 N–H and O–H groups in total. The van der Waals surface area contributed by atoms with E-state index in [0.717, 1.165) is 12.1 Å². The van der Waals surface area contributed by atoms with Gasteiger partial charge in [0, 0.05) is 13.6 Å². The van der Waals surface area contributed by atoms with E-state index in [2.05, 4.69) is 0 Å². The van der Waals surface area contributed by atoms with E-state index in [1.165, 1.54) is 17.0 Å². The number of hydrogen-bond acceptors (Lipinski definition) is 3. The lowest BCUT2D eigenvalue weighted by Gasteiger charge is -2.11. The quantitative estimate of drug-likeness (QED) is 0.737. The first kappa shape index (κ1) is 12.0. The topological polar surface area (TPSA) is 54.5 Å². The number of amides is 1. The first-order valence-corrected chi connectivity index (χ1v) is 6.72. The van der Waals surface area contributed by atoms with Gasteiger partial charge in [-0.2, -0.15) is 0 Å². The molecule has 1 aliphatic rings. The third kappa shape index (κ3) is 2.04. The third-order valence-corrected chi connectivity index (χ3v) is 5.01. The lowest BCUT2D eigenvalue weighted by molar-refractivity contribution is -0.126. The molecular formula is C11H12FNO3S. The van der Waals surface area contributed by atoms with Crippen LogP contribution in [0, 0.1) is 5.82 Å². The van der Waals surface area contributed by atoms with Gasteiger partial charge in [0.05, 0.1) is 4.90 Å². The van der Waals surface area contributed by atoms with Gasteiger partial charge in [0.25, 0.3) is 0 Å². The summed E-state index contributed by atoms with van der Waals surface area (Å²) in [5, 5.41) is -1.03. The fraction of sp³-hybridized carbons (Fsp3) is 0.364. The van der Waals surface area contributed by atoms with Gasteiger partial charge < -0.3 is 4.90 Å². The summed E-state index contributed by atoms with van der Waals surface area (Å²) in [6.45, 7) is 0.434. The molecule has 1 fully saturated rings. The van der Waals surface area contributed by atoms with Gasteiger partial charge in [0.1, 0.15) is 11.1 Å². The maximum atomic E-state index is 12.7. The minimum Gasteiger partial charge on any atom is -0.345 e. The van der Waals surface area contributed by atoms with Gasteiger partial charge >= 0.3 is 0 Å². The fourth-order valence-electron chi connectivity index (χ4n) is 1.87. The van der Waals surface area contributed by atoms with Gasteiger partial charge in [-0.25, -0.2) is 12.8 Å². The Morgan fingerprint density at radius 2 is 1.88 bits per heavy atom. The number of rotatable bonds is 2. The summed E-state index contributed by atoms with van der Waals surface area (Å²) in [5.41, 5.74) is 0. The fourth-order valence-corrected chi connectivity index (χ4v) is 3.57. The summed E-state index contributed by atoms with van der Waals surface area (Å²) in [5.74, 6) is -0.895. The summed E-state index contributed by atoms with van der Waals surface area (Å²) in [4.78, 5) is 13.1. The first-order valence-electron chi connectivity index (χ1n) is 5.17. The Morgan fingerprint density at radius 1 is 1.29 bits per heavy atom. The molecule has 1 saturated heterocycles. The lowest BCUT2D eigenvalue weighted by atomic mass is 10.3. The van der Waals surface area contributed by atoms with E-state index in [-0.39, 0.29) is 11.3 Å². The SMILES string of the molecule is CN1CCC(S(=O)(=O)c2ccc(F)cc2)C1=O. The van der Waals surface area contributed by atoms with Crippen molar-refractivity contribution in [1.29, 1.82) is 0 Å². The predicted octanol–water partition coefficient (Wildman–Crippen LogP) is 0.830. The molecule has 0 aromatic heterocycles. The van der Waals surface area contributed by atoms with Crippen molar-refractivity contribution in [3.8, 4) is 0 Å². The smallest absolute Gasteiger partial charge is 0.241 e.